The van der Waals surface area contributed by atoms with Crippen molar-refractivity contribution in [2.24, 2.45) is 0 Å². The highest BCUT2D eigenvalue weighted by atomic mass is 19.4. The summed E-state index contributed by atoms with van der Waals surface area (Å²) < 4.78 is 42.1. The molecule has 0 unspecified atom stereocenters. The van der Waals surface area contributed by atoms with Gasteiger partial charge in [-0.1, -0.05) is 0 Å². The fourth-order valence-corrected chi connectivity index (χ4v) is 5.38. The Hall–Kier alpha value is -4.35. The SMILES string of the molecule is Cc1cc(-c2cc(CC(=O)N3CCC(n4c(=O)[nH]c5ncccc54)CC3)c(=O)n(CC(F)(F)F)c2)cc(C)c1O. The fraction of sp³-hybridized carbons (Fsp3) is 0.357. The number of piperidine rings is 1. The molecular weight excluding hydrogens is 527 g/mol. The number of aromatic nitrogens is 4. The van der Waals surface area contributed by atoms with Crippen molar-refractivity contribution >= 4 is 17.1 Å². The van der Waals surface area contributed by atoms with E-state index in [0.717, 1.165) is 6.20 Å². The van der Waals surface area contributed by atoms with Crippen LogP contribution in [0.5, 0.6) is 5.75 Å². The molecule has 0 bridgehead atoms. The van der Waals surface area contributed by atoms with Crippen LogP contribution >= 0.6 is 0 Å². The Balaban J connectivity index is 1.39. The number of amides is 1. The number of phenols is 1. The molecule has 0 radical (unpaired) electrons. The van der Waals surface area contributed by atoms with Crippen molar-refractivity contribution in [3.8, 4) is 16.9 Å². The standard InChI is InChI=1S/C28H28F3N5O4/c1-16-10-18(11-17(2)24(16)38)20-12-19(26(39)35(14-20)15-28(29,30)31)13-23(37)34-8-5-21(6-9-34)36-22-4-3-7-32-25(22)33-27(36)40/h3-4,7,10-12,14,21,38H,5-6,8-9,13,15H2,1-2H3,(H,32,33,40). The van der Waals surface area contributed by atoms with Crippen LogP contribution in [0.4, 0.5) is 13.2 Å². The number of nitrogens with one attached hydrogen (secondary N) is 1. The van der Waals surface area contributed by atoms with Crippen molar-refractivity contribution in [1.82, 2.24) is 24.0 Å². The first-order valence-electron chi connectivity index (χ1n) is 12.8. The van der Waals surface area contributed by atoms with Crippen LogP contribution in [0.2, 0.25) is 0 Å². The Morgan fingerprint density at radius 3 is 2.42 bits per heavy atom. The summed E-state index contributed by atoms with van der Waals surface area (Å²) in [6.07, 6.45) is -1.28. The van der Waals surface area contributed by atoms with Gasteiger partial charge in [-0.2, -0.15) is 13.2 Å². The van der Waals surface area contributed by atoms with Gasteiger partial charge in [0.15, 0.2) is 5.65 Å². The van der Waals surface area contributed by atoms with Crippen molar-refractivity contribution in [1.29, 1.82) is 0 Å². The highest BCUT2D eigenvalue weighted by Gasteiger charge is 2.30. The minimum absolute atomic E-state index is 0.0452. The van der Waals surface area contributed by atoms with Gasteiger partial charge in [0.05, 0.1) is 11.9 Å². The zero-order chi connectivity index (χ0) is 28.8. The maximum atomic E-state index is 13.3. The van der Waals surface area contributed by atoms with Gasteiger partial charge in [-0.05, 0) is 79.3 Å². The van der Waals surface area contributed by atoms with E-state index < -0.39 is 18.3 Å². The lowest BCUT2D eigenvalue weighted by molar-refractivity contribution is -0.141. The number of imidazole rings is 1. The van der Waals surface area contributed by atoms with E-state index in [-0.39, 0.29) is 35.4 Å². The molecule has 2 N–H and O–H groups in total. The summed E-state index contributed by atoms with van der Waals surface area (Å²) in [4.78, 5) is 47.2. The van der Waals surface area contributed by atoms with E-state index in [0.29, 0.717) is 63.9 Å². The first kappa shape index (κ1) is 27.2. The molecule has 40 heavy (non-hydrogen) atoms. The molecule has 5 rings (SSSR count). The number of hydrogen-bond donors (Lipinski definition) is 2. The number of hydrogen-bond acceptors (Lipinski definition) is 5. The van der Waals surface area contributed by atoms with Gasteiger partial charge in [-0.3, -0.25) is 19.1 Å². The largest absolute Gasteiger partial charge is 0.507 e. The van der Waals surface area contributed by atoms with E-state index in [1.165, 1.54) is 6.07 Å². The Kier molecular flexibility index (Phi) is 7.03. The predicted octanol–water partition coefficient (Wildman–Crippen LogP) is 3.84. The minimum Gasteiger partial charge on any atom is -0.507 e. The molecule has 3 aromatic heterocycles. The summed E-state index contributed by atoms with van der Waals surface area (Å²) in [6, 6.07) is 8.09. The summed E-state index contributed by atoms with van der Waals surface area (Å²) in [6.45, 7) is 2.51. The average molecular weight is 556 g/mol. The zero-order valence-corrected chi connectivity index (χ0v) is 22.0. The highest BCUT2D eigenvalue weighted by molar-refractivity contribution is 5.79. The molecule has 4 heterocycles. The summed E-state index contributed by atoms with van der Waals surface area (Å²) in [5.74, 6) is -0.297. The molecule has 9 nitrogen and oxygen atoms in total. The van der Waals surface area contributed by atoms with Gasteiger partial charge < -0.3 is 14.6 Å². The molecule has 12 heteroatoms. The maximum absolute atomic E-state index is 13.3. The van der Waals surface area contributed by atoms with Crippen LogP contribution in [-0.2, 0) is 17.8 Å². The number of pyridine rings is 2. The lowest BCUT2D eigenvalue weighted by atomic mass is 9.98. The third-order valence-electron chi connectivity index (χ3n) is 7.35. The monoisotopic (exact) mass is 555 g/mol. The second-order valence-electron chi connectivity index (χ2n) is 10.2. The first-order chi connectivity index (χ1) is 18.9. The number of H-pyrrole nitrogens is 1. The number of likely N-dealkylation sites (tertiary alicyclic amines) is 1. The van der Waals surface area contributed by atoms with Gasteiger partial charge in [-0.25, -0.2) is 9.78 Å². The topological polar surface area (TPSA) is 113 Å². The second-order valence-corrected chi connectivity index (χ2v) is 10.2. The molecule has 0 spiro atoms. The number of aromatic amines is 1. The number of phenolic OH excluding ortho intramolecular Hbond substituents is 1. The average Bonchev–Trinajstić information content (AvgIpc) is 3.24. The van der Waals surface area contributed by atoms with Crippen LogP contribution in [0.15, 0.2) is 52.3 Å². The van der Waals surface area contributed by atoms with E-state index in [1.54, 1.807) is 53.8 Å². The van der Waals surface area contributed by atoms with E-state index in [9.17, 15) is 32.7 Å². The molecule has 0 aliphatic carbocycles. The van der Waals surface area contributed by atoms with Crippen molar-refractivity contribution in [2.45, 2.75) is 51.9 Å². The van der Waals surface area contributed by atoms with Crippen LogP contribution in [0, 0.1) is 13.8 Å². The van der Waals surface area contributed by atoms with Crippen molar-refractivity contribution in [2.75, 3.05) is 13.1 Å². The van der Waals surface area contributed by atoms with Crippen LogP contribution in [0.25, 0.3) is 22.3 Å². The molecular formula is C28H28F3N5O4. The van der Waals surface area contributed by atoms with Gasteiger partial charge in [-0.15, -0.1) is 0 Å². The van der Waals surface area contributed by atoms with E-state index >= 15 is 0 Å². The number of rotatable bonds is 5. The molecule has 210 valence electrons. The number of carbonyl (C=O) groups excluding carboxylic acids is 1. The fourth-order valence-electron chi connectivity index (χ4n) is 5.38. The van der Waals surface area contributed by atoms with Gasteiger partial charge in [0, 0.05) is 37.1 Å². The lowest BCUT2D eigenvalue weighted by Gasteiger charge is -2.32. The number of fused-ring (bicyclic) bond motifs is 1. The molecule has 4 aromatic rings. The quantitative estimate of drug-likeness (QED) is 0.389. The predicted molar refractivity (Wildman–Crippen MR) is 142 cm³/mol. The molecule has 1 aliphatic heterocycles. The Morgan fingerprint density at radius 2 is 1.77 bits per heavy atom. The lowest BCUT2D eigenvalue weighted by Crippen LogP contribution is -2.42. The molecule has 1 fully saturated rings. The minimum atomic E-state index is -4.64. The third-order valence-corrected chi connectivity index (χ3v) is 7.35. The van der Waals surface area contributed by atoms with Crippen molar-refractivity contribution in [3.63, 3.8) is 0 Å². The summed E-state index contributed by atoms with van der Waals surface area (Å²) in [5, 5.41) is 10.1. The van der Waals surface area contributed by atoms with E-state index in [2.05, 4.69) is 9.97 Å². The van der Waals surface area contributed by atoms with E-state index in [1.807, 2.05) is 0 Å². The molecule has 1 amide bonds. The number of aryl methyl sites for hydroxylation is 2. The first-order valence-corrected chi connectivity index (χ1v) is 12.8. The normalized spacial score (nSPS) is 14.7. The number of benzene rings is 1. The van der Waals surface area contributed by atoms with Crippen LogP contribution in [-0.4, -0.2) is 54.3 Å². The number of halogens is 3. The molecule has 1 aliphatic rings. The number of aromatic hydroxyl groups is 1. The van der Waals surface area contributed by atoms with Gasteiger partial charge >= 0.3 is 11.9 Å². The van der Waals surface area contributed by atoms with E-state index in [4.69, 9.17) is 0 Å². The third kappa shape index (κ3) is 5.38. The smallest absolute Gasteiger partial charge is 0.406 e. The summed E-state index contributed by atoms with van der Waals surface area (Å²) in [5.41, 5.74) is 1.90. The maximum Gasteiger partial charge on any atom is 0.406 e. The van der Waals surface area contributed by atoms with Gasteiger partial charge in [0.1, 0.15) is 12.3 Å². The highest BCUT2D eigenvalue weighted by Crippen LogP contribution is 2.30. The van der Waals surface area contributed by atoms with Crippen LogP contribution in [0.3, 0.4) is 0 Å². The summed E-state index contributed by atoms with van der Waals surface area (Å²) >= 11 is 0. The number of nitrogens with zero attached hydrogens (tertiary/aromatic N) is 4. The summed E-state index contributed by atoms with van der Waals surface area (Å²) in [7, 11) is 0. The Morgan fingerprint density at radius 1 is 1.10 bits per heavy atom. The zero-order valence-electron chi connectivity index (χ0n) is 22.0. The van der Waals surface area contributed by atoms with Gasteiger partial charge in [0.2, 0.25) is 5.91 Å². The number of alkyl halides is 3. The molecule has 0 saturated carbocycles. The molecule has 1 saturated heterocycles. The molecule has 0 atom stereocenters. The van der Waals surface area contributed by atoms with Crippen LogP contribution < -0.4 is 11.2 Å². The number of carbonyl (C=O) groups is 1. The second kappa shape index (κ2) is 10.3. The Bertz CT molecular complexity index is 1690. The van der Waals surface area contributed by atoms with Crippen LogP contribution in [0.1, 0.15) is 35.6 Å². The van der Waals surface area contributed by atoms with Crippen molar-refractivity contribution in [3.05, 3.63) is 80.3 Å². The van der Waals surface area contributed by atoms with Gasteiger partial charge in [0.25, 0.3) is 5.56 Å². The van der Waals surface area contributed by atoms with Crippen molar-refractivity contribution < 1.29 is 23.1 Å². The molecule has 1 aromatic carbocycles. The Labute approximate surface area is 226 Å².